The number of hydrogen-bond donors (Lipinski definition) is 1. The van der Waals surface area contributed by atoms with Crippen molar-refractivity contribution >= 4 is 34.6 Å². The molecule has 6 heteroatoms. The Balaban J connectivity index is 2.84. The molecule has 100 valence electrons. The first kappa shape index (κ1) is 15.5. The zero-order chi connectivity index (χ0) is 14.3. The van der Waals surface area contributed by atoms with Gasteiger partial charge in [0.25, 0.3) is 0 Å². The number of rotatable bonds is 5. The lowest BCUT2D eigenvalue weighted by molar-refractivity contribution is -0.139. The first-order valence-corrected chi connectivity index (χ1v) is 6.42. The first-order chi connectivity index (χ1) is 9.08. The van der Waals surface area contributed by atoms with Gasteiger partial charge in [0.05, 0.1) is 10.2 Å². The van der Waals surface area contributed by atoms with Gasteiger partial charge in [-0.3, -0.25) is 0 Å². The van der Waals surface area contributed by atoms with E-state index >= 15 is 0 Å². The topological polar surface area (TPSA) is 79.5 Å². The second kappa shape index (κ2) is 7.76. The highest BCUT2D eigenvalue weighted by molar-refractivity contribution is 14.1. The Morgan fingerprint density at radius 3 is 2.84 bits per heavy atom. The van der Waals surface area contributed by atoms with E-state index in [4.69, 9.17) is 14.7 Å². The number of carbonyl (C=O) groups excluding carboxylic acids is 1. The molecule has 0 atom stereocenters. The van der Waals surface area contributed by atoms with Crippen molar-refractivity contribution in [3.63, 3.8) is 0 Å². The molecule has 1 aromatic carbocycles. The Morgan fingerprint density at radius 2 is 2.26 bits per heavy atom. The molecular weight excluding hydrogens is 361 g/mol. The van der Waals surface area contributed by atoms with Crippen LogP contribution < -0.4 is 0 Å². The molecule has 1 N–H and O–H groups in total. The Kier molecular flexibility index (Phi) is 6.32. The summed E-state index contributed by atoms with van der Waals surface area (Å²) in [6.07, 6.45) is 1.41. The van der Waals surface area contributed by atoms with Gasteiger partial charge in [-0.25, -0.2) is 4.79 Å². The van der Waals surface area contributed by atoms with Crippen LogP contribution in [0.2, 0.25) is 0 Å². The minimum Gasteiger partial charge on any atom is -0.507 e. The fourth-order valence-electron chi connectivity index (χ4n) is 1.21. The molecule has 5 nitrogen and oxygen atoms in total. The largest absolute Gasteiger partial charge is 0.507 e. The van der Waals surface area contributed by atoms with Crippen molar-refractivity contribution in [1.29, 1.82) is 5.26 Å². The first-order valence-electron chi connectivity index (χ1n) is 5.35. The van der Waals surface area contributed by atoms with Crippen molar-refractivity contribution in [3.8, 4) is 11.8 Å². The van der Waals surface area contributed by atoms with Crippen LogP contribution in [0.3, 0.4) is 0 Å². The third kappa shape index (κ3) is 4.89. The van der Waals surface area contributed by atoms with E-state index in [-0.39, 0.29) is 24.5 Å². The van der Waals surface area contributed by atoms with E-state index in [1.807, 2.05) is 22.6 Å². The summed E-state index contributed by atoms with van der Waals surface area (Å²) in [6.45, 7) is 0.378. The minimum atomic E-state index is -0.692. The summed E-state index contributed by atoms with van der Waals surface area (Å²) in [5, 5.41) is 18.3. The number of methoxy groups -OCH3 is 1. The molecule has 0 aliphatic carbocycles. The highest BCUT2D eigenvalue weighted by atomic mass is 127. The van der Waals surface area contributed by atoms with Crippen LogP contribution in [0, 0.1) is 14.9 Å². The van der Waals surface area contributed by atoms with E-state index in [0.29, 0.717) is 9.13 Å². The molecule has 0 aliphatic rings. The van der Waals surface area contributed by atoms with Gasteiger partial charge >= 0.3 is 5.97 Å². The van der Waals surface area contributed by atoms with E-state index < -0.39 is 5.97 Å². The quantitative estimate of drug-likeness (QED) is 0.281. The molecule has 0 radical (unpaired) electrons. The Bertz CT molecular complexity index is 534. The van der Waals surface area contributed by atoms with Crippen molar-refractivity contribution in [1.82, 2.24) is 0 Å². The number of benzene rings is 1. The van der Waals surface area contributed by atoms with Gasteiger partial charge in [-0.1, -0.05) is 6.07 Å². The summed E-state index contributed by atoms with van der Waals surface area (Å²) in [5.74, 6) is -0.540. The molecule has 0 heterocycles. The van der Waals surface area contributed by atoms with E-state index in [0.717, 1.165) is 0 Å². The molecular formula is C13H12INO4. The average molecular weight is 373 g/mol. The number of halogens is 1. The number of nitrogens with zero attached hydrogens (tertiary/aromatic N) is 1. The second-order valence-corrected chi connectivity index (χ2v) is 4.67. The summed E-state index contributed by atoms with van der Waals surface area (Å²) < 4.78 is 10.2. The van der Waals surface area contributed by atoms with Crippen molar-refractivity contribution in [2.24, 2.45) is 0 Å². The van der Waals surface area contributed by atoms with Gasteiger partial charge < -0.3 is 14.6 Å². The summed E-state index contributed by atoms with van der Waals surface area (Å²) in [6, 6.07) is 6.56. The third-order valence-electron chi connectivity index (χ3n) is 2.14. The van der Waals surface area contributed by atoms with E-state index in [2.05, 4.69) is 0 Å². The predicted octanol–water partition coefficient (Wildman–Crippen LogP) is 2.09. The lowest BCUT2D eigenvalue weighted by Gasteiger charge is -2.03. The van der Waals surface area contributed by atoms with Gasteiger partial charge in [0.1, 0.15) is 24.0 Å². The second-order valence-electron chi connectivity index (χ2n) is 3.51. The van der Waals surface area contributed by atoms with Crippen LogP contribution in [0.15, 0.2) is 23.8 Å². The van der Waals surface area contributed by atoms with Crippen LogP contribution in [0.4, 0.5) is 0 Å². The maximum Gasteiger partial charge on any atom is 0.348 e. The fraction of sp³-hybridized carbons (Fsp3) is 0.231. The molecule has 1 aromatic rings. The molecule has 0 aliphatic heterocycles. The zero-order valence-corrected chi connectivity index (χ0v) is 12.4. The lowest BCUT2D eigenvalue weighted by atomic mass is 10.1. The number of aromatic hydroxyl groups is 1. The number of carbonyl (C=O) groups is 1. The van der Waals surface area contributed by atoms with Crippen LogP contribution >= 0.6 is 22.6 Å². The zero-order valence-electron chi connectivity index (χ0n) is 10.2. The molecule has 1 rings (SSSR count). The van der Waals surface area contributed by atoms with Crippen LogP contribution in [-0.4, -0.2) is 31.4 Å². The monoisotopic (exact) mass is 373 g/mol. The van der Waals surface area contributed by atoms with E-state index in [9.17, 15) is 9.90 Å². The van der Waals surface area contributed by atoms with Gasteiger partial charge in [-0.05, 0) is 46.4 Å². The molecule has 0 fully saturated rings. The predicted molar refractivity (Wildman–Crippen MR) is 77.2 cm³/mol. The Hall–Kier alpha value is -1.59. The number of phenols is 1. The summed E-state index contributed by atoms with van der Waals surface area (Å²) in [7, 11) is 1.49. The van der Waals surface area contributed by atoms with Crippen LogP contribution in [0.25, 0.3) is 6.08 Å². The molecule has 0 bridgehead atoms. The summed E-state index contributed by atoms with van der Waals surface area (Å²) >= 11 is 1.96. The van der Waals surface area contributed by atoms with Gasteiger partial charge in [0.15, 0.2) is 0 Å². The molecule has 0 saturated carbocycles. The van der Waals surface area contributed by atoms with Crippen LogP contribution in [0.1, 0.15) is 5.56 Å². The third-order valence-corrected chi connectivity index (χ3v) is 3.01. The summed E-state index contributed by atoms with van der Waals surface area (Å²) in [5.41, 5.74) is 0.542. The maximum absolute atomic E-state index is 11.6. The number of phenolic OH excluding ortho intramolecular Hbond substituents is 1. The van der Waals surface area contributed by atoms with Crippen molar-refractivity contribution < 1.29 is 19.4 Å². The number of nitriles is 1. The SMILES string of the molecule is COCCOC(=O)C(C#N)=Cc1ccc(O)c(I)c1. The normalized spacial score (nSPS) is 10.9. The smallest absolute Gasteiger partial charge is 0.348 e. The van der Waals surface area contributed by atoms with Crippen molar-refractivity contribution in [2.45, 2.75) is 0 Å². The highest BCUT2D eigenvalue weighted by Gasteiger charge is 2.10. The summed E-state index contributed by atoms with van der Waals surface area (Å²) in [4.78, 5) is 11.6. The minimum absolute atomic E-state index is 0.0987. The fourth-order valence-corrected chi connectivity index (χ4v) is 1.75. The molecule has 0 saturated heterocycles. The highest BCUT2D eigenvalue weighted by Crippen LogP contribution is 2.21. The average Bonchev–Trinajstić information content (AvgIpc) is 2.40. The molecule has 0 aromatic heterocycles. The standard InChI is InChI=1S/C13H12INO4/c1-18-4-5-19-13(17)10(8-15)6-9-2-3-12(16)11(14)7-9/h2-3,6-7,16H,4-5H2,1H3. The lowest BCUT2D eigenvalue weighted by Crippen LogP contribution is -2.11. The van der Waals surface area contributed by atoms with Gasteiger partial charge in [-0.15, -0.1) is 0 Å². The molecule has 19 heavy (non-hydrogen) atoms. The van der Waals surface area contributed by atoms with E-state index in [1.165, 1.54) is 19.3 Å². The van der Waals surface area contributed by atoms with Crippen molar-refractivity contribution in [2.75, 3.05) is 20.3 Å². The molecule has 0 spiro atoms. The molecule has 0 unspecified atom stereocenters. The maximum atomic E-state index is 11.6. The Labute approximate surface area is 124 Å². The number of ether oxygens (including phenoxy) is 2. The van der Waals surface area contributed by atoms with Gasteiger partial charge in [0.2, 0.25) is 0 Å². The Morgan fingerprint density at radius 1 is 1.53 bits per heavy atom. The van der Waals surface area contributed by atoms with Gasteiger partial charge in [0, 0.05) is 7.11 Å². The van der Waals surface area contributed by atoms with Crippen LogP contribution in [0.5, 0.6) is 5.75 Å². The molecule has 0 amide bonds. The van der Waals surface area contributed by atoms with E-state index in [1.54, 1.807) is 18.2 Å². The number of esters is 1. The van der Waals surface area contributed by atoms with Crippen LogP contribution in [-0.2, 0) is 14.3 Å². The van der Waals surface area contributed by atoms with Crippen molar-refractivity contribution in [3.05, 3.63) is 32.9 Å². The number of hydrogen-bond acceptors (Lipinski definition) is 5. The van der Waals surface area contributed by atoms with Gasteiger partial charge in [-0.2, -0.15) is 5.26 Å².